The second kappa shape index (κ2) is 6.79. The van der Waals surface area contributed by atoms with Crippen molar-refractivity contribution in [2.75, 3.05) is 24.3 Å². The number of nitrogens with one attached hydrogen (secondary N) is 2. The number of hydrogen-bond acceptors (Lipinski definition) is 3. The molecule has 0 aliphatic rings. The average Bonchev–Trinajstić information content (AvgIpc) is 2.45. The molecular formula is C17H20N2O2. The molecule has 0 fully saturated rings. The van der Waals surface area contributed by atoms with Gasteiger partial charge in [0.15, 0.2) is 0 Å². The van der Waals surface area contributed by atoms with Crippen LogP contribution in [0.5, 0.6) is 5.75 Å². The summed E-state index contributed by atoms with van der Waals surface area (Å²) in [5.74, 6) is 0.681. The van der Waals surface area contributed by atoms with Gasteiger partial charge in [0.05, 0.1) is 13.7 Å². The number of carbonyl (C=O) groups excluding carboxylic acids is 1. The quantitative estimate of drug-likeness (QED) is 0.885. The third-order valence-electron chi connectivity index (χ3n) is 3.05. The minimum Gasteiger partial charge on any atom is -0.497 e. The molecule has 0 unspecified atom stereocenters. The van der Waals surface area contributed by atoms with Crippen LogP contribution in [-0.4, -0.2) is 19.6 Å². The molecule has 0 aliphatic carbocycles. The van der Waals surface area contributed by atoms with Gasteiger partial charge in [0, 0.05) is 11.4 Å². The zero-order valence-corrected chi connectivity index (χ0v) is 12.6. The Bertz CT molecular complexity index is 601. The van der Waals surface area contributed by atoms with E-state index in [0.717, 1.165) is 17.1 Å². The van der Waals surface area contributed by atoms with E-state index in [2.05, 4.69) is 16.7 Å². The Labute approximate surface area is 125 Å². The van der Waals surface area contributed by atoms with Crippen LogP contribution in [-0.2, 0) is 4.79 Å². The van der Waals surface area contributed by atoms with E-state index in [4.69, 9.17) is 4.74 Å². The van der Waals surface area contributed by atoms with E-state index >= 15 is 0 Å². The van der Waals surface area contributed by atoms with Crippen molar-refractivity contribution in [1.82, 2.24) is 0 Å². The highest BCUT2D eigenvalue weighted by atomic mass is 16.5. The molecule has 2 rings (SSSR count). The molecule has 0 heterocycles. The number of benzene rings is 2. The van der Waals surface area contributed by atoms with Gasteiger partial charge in [-0.05, 0) is 61.4 Å². The van der Waals surface area contributed by atoms with Crippen molar-refractivity contribution in [2.45, 2.75) is 13.8 Å². The molecule has 4 nitrogen and oxygen atoms in total. The van der Waals surface area contributed by atoms with E-state index in [9.17, 15) is 4.79 Å². The SMILES string of the molecule is COc1ccc(NC(=O)CNc2cc(C)cc(C)c2)cc1. The third kappa shape index (κ3) is 4.53. The van der Waals surface area contributed by atoms with Crippen molar-refractivity contribution < 1.29 is 9.53 Å². The number of carbonyl (C=O) groups is 1. The molecule has 0 aromatic heterocycles. The summed E-state index contributed by atoms with van der Waals surface area (Å²) in [6, 6.07) is 13.4. The summed E-state index contributed by atoms with van der Waals surface area (Å²) >= 11 is 0. The molecule has 4 heteroatoms. The summed E-state index contributed by atoms with van der Waals surface area (Å²) < 4.78 is 5.08. The van der Waals surface area contributed by atoms with E-state index in [1.54, 1.807) is 7.11 Å². The van der Waals surface area contributed by atoms with Crippen LogP contribution in [0, 0.1) is 13.8 Å². The first-order valence-electron chi connectivity index (χ1n) is 6.83. The standard InChI is InChI=1S/C17H20N2O2/c1-12-8-13(2)10-15(9-12)18-11-17(20)19-14-4-6-16(21-3)7-5-14/h4-10,18H,11H2,1-3H3,(H,19,20). The molecular weight excluding hydrogens is 264 g/mol. The van der Waals surface area contributed by atoms with E-state index in [1.165, 1.54) is 11.1 Å². The van der Waals surface area contributed by atoms with Crippen LogP contribution in [0.2, 0.25) is 0 Å². The predicted molar refractivity (Wildman–Crippen MR) is 86.0 cm³/mol. The Balaban J connectivity index is 1.89. The number of methoxy groups -OCH3 is 1. The van der Waals surface area contributed by atoms with Gasteiger partial charge in [-0.2, -0.15) is 0 Å². The fraction of sp³-hybridized carbons (Fsp3) is 0.235. The van der Waals surface area contributed by atoms with Crippen LogP contribution >= 0.6 is 0 Å². The molecule has 0 bridgehead atoms. The highest BCUT2D eigenvalue weighted by molar-refractivity contribution is 5.93. The van der Waals surface area contributed by atoms with Gasteiger partial charge in [-0.15, -0.1) is 0 Å². The first-order chi connectivity index (χ1) is 10.1. The number of hydrogen-bond donors (Lipinski definition) is 2. The molecule has 0 aliphatic heterocycles. The summed E-state index contributed by atoms with van der Waals surface area (Å²) in [7, 11) is 1.61. The fourth-order valence-electron chi connectivity index (χ4n) is 2.14. The second-order valence-corrected chi connectivity index (χ2v) is 5.01. The topological polar surface area (TPSA) is 50.4 Å². The van der Waals surface area contributed by atoms with Crippen LogP contribution in [0.25, 0.3) is 0 Å². The Kier molecular flexibility index (Phi) is 4.82. The number of ether oxygens (including phenoxy) is 1. The molecule has 2 N–H and O–H groups in total. The van der Waals surface area contributed by atoms with Crippen molar-refractivity contribution in [3.8, 4) is 5.75 Å². The summed E-state index contributed by atoms with van der Waals surface area (Å²) in [5.41, 5.74) is 4.06. The van der Waals surface area contributed by atoms with E-state index < -0.39 is 0 Å². The lowest BCUT2D eigenvalue weighted by Gasteiger charge is -2.10. The highest BCUT2D eigenvalue weighted by Crippen LogP contribution is 2.15. The van der Waals surface area contributed by atoms with E-state index in [1.807, 2.05) is 50.2 Å². The first-order valence-corrected chi connectivity index (χ1v) is 6.83. The molecule has 2 aromatic carbocycles. The van der Waals surface area contributed by atoms with Gasteiger partial charge < -0.3 is 15.4 Å². The Morgan fingerprint density at radius 1 is 1.00 bits per heavy atom. The van der Waals surface area contributed by atoms with Crippen molar-refractivity contribution >= 4 is 17.3 Å². The lowest BCUT2D eigenvalue weighted by Crippen LogP contribution is -2.21. The van der Waals surface area contributed by atoms with Crippen molar-refractivity contribution in [3.05, 3.63) is 53.6 Å². The normalized spacial score (nSPS) is 10.0. The molecule has 0 saturated heterocycles. The zero-order valence-electron chi connectivity index (χ0n) is 12.6. The summed E-state index contributed by atoms with van der Waals surface area (Å²) in [4.78, 5) is 11.9. The lowest BCUT2D eigenvalue weighted by atomic mass is 10.1. The predicted octanol–water partition coefficient (Wildman–Crippen LogP) is 3.36. The lowest BCUT2D eigenvalue weighted by molar-refractivity contribution is -0.114. The minimum absolute atomic E-state index is 0.0840. The fourth-order valence-corrected chi connectivity index (χ4v) is 2.14. The maximum Gasteiger partial charge on any atom is 0.243 e. The number of anilines is 2. The molecule has 0 saturated carbocycles. The molecule has 21 heavy (non-hydrogen) atoms. The van der Waals surface area contributed by atoms with Crippen molar-refractivity contribution in [1.29, 1.82) is 0 Å². The van der Waals surface area contributed by atoms with Gasteiger partial charge in [-0.1, -0.05) is 6.07 Å². The van der Waals surface area contributed by atoms with Crippen LogP contribution in [0.3, 0.4) is 0 Å². The monoisotopic (exact) mass is 284 g/mol. The smallest absolute Gasteiger partial charge is 0.243 e. The van der Waals surface area contributed by atoms with Crippen LogP contribution < -0.4 is 15.4 Å². The van der Waals surface area contributed by atoms with Crippen molar-refractivity contribution in [3.63, 3.8) is 0 Å². The number of amides is 1. The maximum atomic E-state index is 11.9. The van der Waals surface area contributed by atoms with E-state index in [-0.39, 0.29) is 12.5 Å². The Morgan fingerprint density at radius 3 is 2.19 bits per heavy atom. The number of aryl methyl sites for hydroxylation is 2. The molecule has 1 amide bonds. The molecule has 0 atom stereocenters. The molecule has 2 aromatic rings. The third-order valence-corrected chi connectivity index (χ3v) is 3.05. The highest BCUT2D eigenvalue weighted by Gasteiger charge is 2.03. The molecule has 0 spiro atoms. The largest absolute Gasteiger partial charge is 0.497 e. The second-order valence-electron chi connectivity index (χ2n) is 5.01. The summed E-state index contributed by atoms with van der Waals surface area (Å²) in [6.45, 7) is 4.31. The zero-order chi connectivity index (χ0) is 15.2. The van der Waals surface area contributed by atoms with Gasteiger partial charge >= 0.3 is 0 Å². The van der Waals surface area contributed by atoms with E-state index in [0.29, 0.717) is 0 Å². The van der Waals surface area contributed by atoms with Gasteiger partial charge in [-0.3, -0.25) is 4.79 Å². The Hall–Kier alpha value is -2.49. The Morgan fingerprint density at radius 2 is 1.62 bits per heavy atom. The van der Waals surface area contributed by atoms with Crippen LogP contribution in [0.1, 0.15) is 11.1 Å². The number of rotatable bonds is 5. The van der Waals surface area contributed by atoms with Gasteiger partial charge in [0.2, 0.25) is 5.91 Å². The summed E-state index contributed by atoms with van der Waals surface area (Å²) in [6.07, 6.45) is 0. The van der Waals surface area contributed by atoms with Gasteiger partial charge in [-0.25, -0.2) is 0 Å². The van der Waals surface area contributed by atoms with Gasteiger partial charge in [0.1, 0.15) is 5.75 Å². The summed E-state index contributed by atoms with van der Waals surface area (Å²) in [5, 5.41) is 5.97. The first kappa shape index (κ1) is 14.9. The van der Waals surface area contributed by atoms with Crippen molar-refractivity contribution in [2.24, 2.45) is 0 Å². The van der Waals surface area contributed by atoms with Crippen LogP contribution in [0.15, 0.2) is 42.5 Å². The maximum absolute atomic E-state index is 11.9. The minimum atomic E-state index is -0.0840. The molecule has 0 radical (unpaired) electrons. The van der Waals surface area contributed by atoms with Gasteiger partial charge in [0.25, 0.3) is 0 Å². The molecule has 110 valence electrons. The van der Waals surface area contributed by atoms with Crippen LogP contribution in [0.4, 0.5) is 11.4 Å². The average molecular weight is 284 g/mol.